The van der Waals surface area contributed by atoms with Crippen LogP contribution < -0.4 is 16.8 Å². The highest BCUT2D eigenvalue weighted by atomic mass is 32.2. The van der Waals surface area contributed by atoms with Crippen LogP contribution in [0.1, 0.15) is 29.6 Å². The largest absolute Gasteiger partial charge is 0.369 e. The van der Waals surface area contributed by atoms with Crippen LogP contribution in [-0.4, -0.2) is 38.6 Å². The average molecular weight is 339 g/mol. The van der Waals surface area contributed by atoms with Gasteiger partial charge < -0.3 is 16.8 Å². The molecular weight excluding hydrogens is 318 g/mol. The summed E-state index contributed by atoms with van der Waals surface area (Å²) in [7, 11) is -3.76. The van der Waals surface area contributed by atoms with E-state index in [4.69, 9.17) is 11.5 Å². The fraction of sp³-hybridized carbons (Fsp3) is 0.467. The lowest BCUT2D eigenvalue weighted by Crippen LogP contribution is -2.39. The molecule has 126 valence electrons. The van der Waals surface area contributed by atoms with Gasteiger partial charge in [0, 0.05) is 11.6 Å². The molecule has 23 heavy (non-hydrogen) atoms. The Morgan fingerprint density at radius 2 is 1.83 bits per heavy atom. The minimum atomic E-state index is -3.76. The van der Waals surface area contributed by atoms with Crippen molar-refractivity contribution in [3.63, 3.8) is 0 Å². The van der Waals surface area contributed by atoms with Crippen molar-refractivity contribution in [3.8, 4) is 0 Å². The molecule has 1 aromatic carbocycles. The molecule has 0 saturated heterocycles. The second kappa shape index (κ2) is 7.10. The van der Waals surface area contributed by atoms with Crippen molar-refractivity contribution in [1.29, 1.82) is 0 Å². The summed E-state index contributed by atoms with van der Waals surface area (Å²) in [5.41, 5.74) is 11.0. The summed E-state index contributed by atoms with van der Waals surface area (Å²) in [6, 6.07) is 5.53. The maximum atomic E-state index is 12.2. The van der Waals surface area contributed by atoms with Crippen molar-refractivity contribution in [1.82, 2.24) is 5.32 Å². The van der Waals surface area contributed by atoms with Gasteiger partial charge in [0.2, 0.25) is 5.91 Å². The molecular formula is C15H21N3O4S. The first-order chi connectivity index (χ1) is 10.8. The smallest absolute Gasteiger partial charge is 0.251 e. The van der Waals surface area contributed by atoms with Crippen LogP contribution in [0.3, 0.4) is 0 Å². The van der Waals surface area contributed by atoms with Gasteiger partial charge in [0.05, 0.1) is 4.90 Å². The van der Waals surface area contributed by atoms with Crippen molar-refractivity contribution in [2.45, 2.75) is 30.2 Å². The van der Waals surface area contributed by atoms with Crippen molar-refractivity contribution in [2.24, 2.45) is 17.4 Å². The molecule has 0 heterocycles. The highest BCUT2D eigenvalue weighted by Gasteiger charge is 2.27. The van der Waals surface area contributed by atoms with E-state index in [2.05, 4.69) is 5.32 Å². The number of nitrogens with one attached hydrogen (secondary N) is 1. The molecule has 0 aromatic heterocycles. The number of rotatable bonds is 6. The Balaban J connectivity index is 2.07. The number of benzene rings is 1. The highest BCUT2D eigenvalue weighted by Crippen LogP contribution is 2.25. The Kier molecular flexibility index (Phi) is 5.38. The Bertz CT molecular complexity index is 685. The first-order valence-corrected chi connectivity index (χ1v) is 9.11. The average Bonchev–Trinajstić information content (AvgIpc) is 2.93. The van der Waals surface area contributed by atoms with Gasteiger partial charge in [0.1, 0.15) is 5.75 Å². The van der Waals surface area contributed by atoms with Gasteiger partial charge in [-0.25, -0.2) is 8.42 Å². The van der Waals surface area contributed by atoms with E-state index in [9.17, 15) is 18.0 Å². The quantitative estimate of drug-likeness (QED) is 0.660. The topological polar surface area (TPSA) is 132 Å². The predicted octanol–water partition coefficient (Wildman–Crippen LogP) is -0.197. The fourth-order valence-electron chi connectivity index (χ4n) is 2.84. The van der Waals surface area contributed by atoms with Gasteiger partial charge in [-0.05, 0) is 49.6 Å². The molecule has 1 aliphatic rings. The standard InChI is InChI=1S/C15H21N3O4S/c16-8-11-2-1-3-13(11)18-15(20)10-4-6-12(7-5-10)23(21,22)9-14(17)19/h4-7,11,13H,1-3,8-9,16H2,(H2,17,19)(H,18,20). The molecule has 2 atom stereocenters. The van der Waals surface area contributed by atoms with Gasteiger partial charge in [-0.2, -0.15) is 0 Å². The minimum absolute atomic E-state index is 0.0337. The Hall–Kier alpha value is -1.93. The summed E-state index contributed by atoms with van der Waals surface area (Å²) < 4.78 is 23.7. The van der Waals surface area contributed by atoms with Crippen LogP contribution in [0.15, 0.2) is 29.2 Å². The van der Waals surface area contributed by atoms with Crippen molar-refractivity contribution in [2.75, 3.05) is 12.3 Å². The minimum Gasteiger partial charge on any atom is -0.369 e. The van der Waals surface area contributed by atoms with E-state index in [1.54, 1.807) is 0 Å². The van der Waals surface area contributed by atoms with Crippen LogP contribution in [0, 0.1) is 5.92 Å². The van der Waals surface area contributed by atoms with Crippen LogP contribution >= 0.6 is 0 Å². The molecule has 0 spiro atoms. The number of amides is 2. The van der Waals surface area contributed by atoms with Crippen molar-refractivity contribution >= 4 is 21.7 Å². The summed E-state index contributed by atoms with van der Waals surface area (Å²) in [5, 5.41) is 2.94. The number of nitrogens with two attached hydrogens (primary N) is 2. The second-order valence-electron chi connectivity index (χ2n) is 5.76. The highest BCUT2D eigenvalue weighted by molar-refractivity contribution is 7.92. The lowest BCUT2D eigenvalue weighted by molar-refractivity contribution is -0.115. The first-order valence-electron chi connectivity index (χ1n) is 7.45. The Morgan fingerprint density at radius 3 is 2.39 bits per heavy atom. The van der Waals surface area contributed by atoms with Crippen LogP contribution in [-0.2, 0) is 14.6 Å². The third-order valence-electron chi connectivity index (χ3n) is 4.09. The van der Waals surface area contributed by atoms with E-state index in [0.29, 0.717) is 12.1 Å². The SMILES string of the molecule is NCC1CCCC1NC(=O)c1ccc(S(=O)(=O)CC(N)=O)cc1. The zero-order valence-electron chi connectivity index (χ0n) is 12.7. The fourth-order valence-corrected chi connectivity index (χ4v) is 3.94. The number of carbonyl (C=O) groups is 2. The zero-order valence-corrected chi connectivity index (χ0v) is 13.5. The molecule has 2 unspecified atom stereocenters. The molecule has 0 aliphatic heterocycles. The third-order valence-corrected chi connectivity index (χ3v) is 5.74. The number of hydrogen-bond donors (Lipinski definition) is 3. The maximum absolute atomic E-state index is 12.2. The first kappa shape index (κ1) is 17.4. The molecule has 0 radical (unpaired) electrons. The lowest BCUT2D eigenvalue weighted by atomic mass is 10.0. The van der Waals surface area contributed by atoms with E-state index in [1.165, 1.54) is 24.3 Å². The van der Waals surface area contributed by atoms with Gasteiger partial charge in [-0.3, -0.25) is 9.59 Å². The second-order valence-corrected chi connectivity index (χ2v) is 7.75. The van der Waals surface area contributed by atoms with Crippen molar-refractivity contribution < 1.29 is 18.0 Å². The number of hydrogen-bond acceptors (Lipinski definition) is 5. The van der Waals surface area contributed by atoms with Crippen LogP contribution in [0.4, 0.5) is 0 Å². The van der Waals surface area contributed by atoms with E-state index >= 15 is 0 Å². The zero-order chi connectivity index (χ0) is 17.0. The molecule has 2 rings (SSSR count). The van der Waals surface area contributed by atoms with E-state index < -0.39 is 21.5 Å². The van der Waals surface area contributed by atoms with Crippen LogP contribution in [0.5, 0.6) is 0 Å². The molecule has 8 heteroatoms. The van der Waals surface area contributed by atoms with Gasteiger partial charge in [-0.1, -0.05) is 6.42 Å². The van der Waals surface area contributed by atoms with Crippen LogP contribution in [0.2, 0.25) is 0 Å². The predicted molar refractivity (Wildman–Crippen MR) is 85.3 cm³/mol. The molecule has 5 N–H and O–H groups in total. The Labute approximate surface area is 135 Å². The monoisotopic (exact) mass is 339 g/mol. The van der Waals surface area contributed by atoms with Crippen molar-refractivity contribution in [3.05, 3.63) is 29.8 Å². The molecule has 1 saturated carbocycles. The summed E-state index contributed by atoms with van der Waals surface area (Å²) in [6.07, 6.45) is 2.95. The summed E-state index contributed by atoms with van der Waals surface area (Å²) in [5.74, 6) is -1.64. The molecule has 1 aliphatic carbocycles. The Morgan fingerprint density at radius 1 is 1.17 bits per heavy atom. The molecule has 0 bridgehead atoms. The molecule has 7 nitrogen and oxygen atoms in total. The normalized spacial score (nSPS) is 21.1. The maximum Gasteiger partial charge on any atom is 0.251 e. The summed E-state index contributed by atoms with van der Waals surface area (Å²) in [6.45, 7) is 0.537. The third kappa shape index (κ3) is 4.29. The number of primary amides is 1. The van der Waals surface area contributed by atoms with E-state index in [-0.39, 0.29) is 22.8 Å². The van der Waals surface area contributed by atoms with Crippen LogP contribution in [0.25, 0.3) is 0 Å². The van der Waals surface area contributed by atoms with Gasteiger partial charge in [-0.15, -0.1) is 0 Å². The number of carbonyl (C=O) groups excluding carboxylic acids is 2. The summed E-state index contributed by atoms with van der Waals surface area (Å²) in [4.78, 5) is 23.0. The van der Waals surface area contributed by atoms with Gasteiger partial charge in [0.15, 0.2) is 9.84 Å². The lowest BCUT2D eigenvalue weighted by Gasteiger charge is -2.19. The van der Waals surface area contributed by atoms with Gasteiger partial charge in [0.25, 0.3) is 5.91 Å². The van der Waals surface area contributed by atoms with E-state index in [1.807, 2.05) is 0 Å². The van der Waals surface area contributed by atoms with Gasteiger partial charge >= 0.3 is 0 Å². The van der Waals surface area contributed by atoms with E-state index in [0.717, 1.165) is 19.3 Å². The molecule has 2 amide bonds. The molecule has 1 fully saturated rings. The molecule has 1 aromatic rings. The summed E-state index contributed by atoms with van der Waals surface area (Å²) >= 11 is 0. The number of sulfone groups is 1.